The summed E-state index contributed by atoms with van der Waals surface area (Å²) in [6.07, 6.45) is 7.38. The molecule has 178 valence electrons. The van der Waals surface area contributed by atoms with Gasteiger partial charge in [0, 0.05) is 21.7 Å². The standard InChI is InChI=1S/C27H34O5S/c1-20-18-23(21-8-4-3-5-9-21)27(20,2)32-17-15-30-13-12-29-14-16-31-24-19-26(28)33-25-11-7-6-10-22(24)25/h3-5,8-11,19-20,23H,6-7,12-18H2,1-2H3. The highest BCUT2D eigenvalue weighted by molar-refractivity contribution is 7.07. The van der Waals surface area contributed by atoms with Crippen LogP contribution < -0.4 is 19.2 Å². The summed E-state index contributed by atoms with van der Waals surface area (Å²) in [6.45, 7) is 7.51. The molecule has 3 unspecified atom stereocenters. The quantitative estimate of drug-likeness (QED) is 0.445. The first-order valence-corrected chi connectivity index (χ1v) is 12.7. The Balaban J connectivity index is 1.09. The van der Waals surface area contributed by atoms with Crippen molar-refractivity contribution in [2.75, 3.05) is 39.6 Å². The first-order chi connectivity index (χ1) is 16.1. The lowest BCUT2D eigenvalue weighted by molar-refractivity contribution is -0.156. The molecule has 0 bridgehead atoms. The smallest absolute Gasteiger partial charge is 0.236 e. The van der Waals surface area contributed by atoms with E-state index < -0.39 is 0 Å². The normalized spacial score (nSPS) is 23.7. The predicted octanol–water partition coefficient (Wildman–Crippen LogP) is 3.47. The second kappa shape index (κ2) is 11.4. The molecule has 1 heterocycles. The van der Waals surface area contributed by atoms with Gasteiger partial charge in [-0.05, 0) is 37.7 Å². The first-order valence-electron chi connectivity index (χ1n) is 11.9. The van der Waals surface area contributed by atoms with Crippen molar-refractivity contribution in [3.63, 3.8) is 0 Å². The molecule has 2 aliphatic rings. The Kier molecular flexibility index (Phi) is 8.36. The van der Waals surface area contributed by atoms with Gasteiger partial charge in [-0.25, -0.2) is 0 Å². The number of hydrogen-bond donors (Lipinski definition) is 0. The van der Waals surface area contributed by atoms with Crippen LogP contribution in [0.15, 0.2) is 41.2 Å². The van der Waals surface area contributed by atoms with Crippen LogP contribution >= 0.6 is 11.3 Å². The summed E-state index contributed by atoms with van der Waals surface area (Å²) in [5, 5.41) is 1.04. The molecule has 0 spiro atoms. The zero-order valence-electron chi connectivity index (χ0n) is 19.6. The van der Waals surface area contributed by atoms with Crippen molar-refractivity contribution in [1.29, 1.82) is 0 Å². The number of ether oxygens (including phenoxy) is 4. The lowest BCUT2D eigenvalue weighted by atomic mass is 9.60. The molecule has 1 fully saturated rings. The van der Waals surface area contributed by atoms with E-state index in [4.69, 9.17) is 18.9 Å². The molecule has 0 aliphatic heterocycles. The molecule has 2 aromatic rings. The van der Waals surface area contributed by atoms with E-state index in [1.807, 2.05) is 0 Å². The van der Waals surface area contributed by atoms with Crippen molar-refractivity contribution in [1.82, 2.24) is 0 Å². The van der Waals surface area contributed by atoms with Crippen LogP contribution in [0.3, 0.4) is 0 Å². The van der Waals surface area contributed by atoms with Gasteiger partial charge >= 0.3 is 0 Å². The van der Waals surface area contributed by atoms with E-state index in [1.54, 1.807) is 6.07 Å². The molecule has 1 aromatic carbocycles. The van der Waals surface area contributed by atoms with Gasteiger partial charge in [-0.2, -0.15) is 0 Å². The van der Waals surface area contributed by atoms with Crippen LogP contribution in [0.2, 0.25) is 0 Å². The molecule has 0 N–H and O–H groups in total. The fraction of sp³-hybridized carbons (Fsp3) is 0.519. The Labute approximate surface area is 199 Å². The van der Waals surface area contributed by atoms with Crippen LogP contribution in [0, 0.1) is 5.92 Å². The lowest BCUT2D eigenvalue weighted by Gasteiger charge is -2.52. The molecule has 1 aromatic heterocycles. The summed E-state index contributed by atoms with van der Waals surface area (Å²) in [5.41, 5.74) is 1.23. The lowest BCUT2D eigenvalue weighted by Crippen LogP contribution is -2.52. The second-order valence-corrected chi connectivity index (χ2v) is 9.95. The van der Waals surface area contributed by atoms with Gasteiger partial charge in [0.15, 0.2) is 0 Å². The van der Waals surface area contributed by atoms with Gasteiger partial charge in [-0.3, -0.25) is 4.79 Å². The zero-order chi connectivity index (χ0) is 23.1. The minimum absolute atomic E-state index is 0.0204. The highest BCUT2D eigenvalue weighted by Crippen LogP contribution is 2.52. The van der Waals surface area contributed by atoms with Gasteiger partial charge in [-0.15, -0.1) is 0 Å². The zero-order valence-corrected chi connectivity index (χ0v) is 20.4. The minimum Gasteiger partial charge on any atom is -0.490 e. The Morgan fingerprint density at radius 1 is 0.970 bits per heavy atom. The predicted molar refractivity (Wildman–Crippen MR) is 132 cm³/mol. The van der Waals surface area contributed by atoms with Gasteiger partial charge in [0.1, 0.15) is 12.4 Å². The Morgan fingerprint density at radius 2 is 1.67 bits per heavy atom. The molecule has 0 radical (unpaired) electrons. The third-order valence-corrected chi connectivity index (χ3v) is 7.72. The average Bonchev–Trinajstić information content (AvgIpc) is 2.83. The maximum atomic E-state index is 11.9. The third kappa shape index (κ3) is 5.93. The highest BCUT2D eigenvalue weighted by atomic mass is 32.1. The summed E-state index contributed by atoms with van der Waals surface area (Å²) in [6, 6.07) is 12.2. The molecule has 33 heavy (non-hydrogen) atoms. The van der Waals surface area contributed by atoms with Crippen LogP contribution in [-0.4, -0.2) is 45.2 Å². The van der Waals surface area contributed by atoms with Gasteiger partial charge in [0.25, 0.3) is 0 Å². The Morgan fingerprint density at radius 3 is 2.42 bits per heavy atom. The van der Waals surface area contributed by atoms with Gasteiger partial charge in [-0.1, -0.05) is 60.7 Å². The van der Waals surface area contributed by atoms with Gasteiger partial charge in [0.05, 0.1) is 38.6 Å². The minimum atomic E-state index is -0.130. The maximum Gasteiger partial charge on any atom is 0.236 e. The van der Waals surface area contributed by atoms with Crippen molar-refractivity contribution >= 4 is 23.5 Å². The number of hydrogen-bond acceptors (Lipinski definition) is 6. The van der Waals surface area contributed by atoms with Crippen LogP contribution in [-0.2, 0) is 14.2 Å². The molecule has 0 amide bonds. The van der Waals surface area contributed by atoms with E-state index >= 15 is 0 Å². The summed E-state index contributed by atoms with van der Waals surface area (Å²) >= 11 is 1.28. The first kappa shape index (κ1) is 24.1. The van der Waals surface area contributed by atoms with E-state index in [9.17, 15) is 4.79 Å². The van der Waals surface area contributed by atoms with E-state index in [2.05, 4.69) is 56.3 Å². The van der Waals surface area contributed by atoms with Crippen LogP contribution in [0.25, 0.3) is 12.2 Å². The number of fused-ring (bicyclic) bond motifs is 1. The van der Waals surface area contributed by atoms with Crippen LogP contribution in [0.1, 0.15) is 44.6 Å². The molecule has 0 saturated heterocycles. The third-order valence-electron chi connectivity index (χ3n) is 6.79. The van der Waals surface area contributed by atoms with E-state index in [0.717, 1.165) is 29.0 Å². The summed E-state index contributed by atoms with van der Waals surface area (Å²) < 4.78 is 24.4. The van der Waals surface area contributed by atoms with Gasteiger partial charge < -0.3 is 18.9 Å². The SMILES string of the molecule is CC1CC(c2ccccc2)C1(C)OCCOCCOCCOc1cc(=O)sc2c1=CCCC=2. The number of benzene rings is 1. The molecule has 1 saturated carbocycles. The average molecular weight is 471 g/mol. The van der Waals surface area contributed by atoms with Crippen LogP contribution in [0.4, 0.5) is 0 Å². The van der Waals surface area contributed by atoms with Crippen LogP contribution in [0.5, 0.6) is 5.75 Å². The topological polar surface area (TPSA) is 54.0 Å². The number of rotatable bonds is 12. The molecule has 2 aliphatic carbocycles. The molecular weight excluding hydrogens is 436 g/mol. The molecule has 5 nitrogen and oxygen atoms in total. The Bertz CT molecular complexity index is 1080. The monoisotopic (exact) mass is 470 g/mol. The molecule has 4 rings (SSSR count). The van der Waals surface area contributed by atoms with E-state index in [1.165, 1.54) is 16.9 Å². The van der Waals surface area contributed by atoms with Crippen molar-refractivity contribution < 1.29 is 18.9 Å². The fourth-order valence-corrected chi connectivity index (χ4v) is 5.54. The molecular formula is C27H34O5S. The van der Waals surface area contributed by atoms with Crippen molar-refractivity contribution in [3.05, 3.63) is 61.2 Å². The summed E-state index contributed by atoms with van der Waals surface area (Å²) in [5.74, 6) is 1.64. The van der Waals surface area contributed by atoms with E-state index in [0.29, 0.717) is 57.2 Å². The highest BCUT2D eigenvalue weighted by Gasteiger charge is 2.50. The fourth-order valence-electron chi connectivity index (χ4n) is 4.67. The van der Waals surface area contributed by atoms with Crippen molar-refractivity contribution in [3.8, 4) is 5.75 Å². The molecule has 6 heteroatoms. The molecule has 3 atom stereocenters. The van der Waals surface area contributed by atoms with Crippen molar-refractivity contribution in [2.24, 2.45) is 5.92 Å². The largest absolute Gasteiger partial charge is 0.490 e. The second-order valence-electron chi connectivity index (χ2n) is 8.90. The summed E-state index contributed by atoms with van der Waals surface area (Å²) in [7, 11) is 0. The van der Waals surface area contributed by atoms with Crippen molar-refractivity contribution in [2.45, 2.75) is 44.6 Å². The maximum absolute atomic E-state index is 11.9. The van der Waals surface area contributed by atoms with Gasteiger partial charge in [0.2, 0.25) is 4.74 Å². The summed E-state index contributed by atoms with van der Waals surface area (Å²) in [4.78, 5) is 11.9. The Hall–Kier alpha value is -1.99. The van der Waals surface area contributed by atoms with E-state index in [-0.39, 0.29) is 10.3 Å².